The maximum absolute atomic E-state index is 12.6. The van der Waals surface area contributed by atoms with Gasteiger partial charge in [0, 0.05) is 25.3 Å². The Labute approximate surface area is 120 Å². The van der Waals surface area contributed by atoms with Gasteiger partial charge in [0.1, 0.15) is 10.0 Å². The highest BCUT2D eigenvalue weighted by atomic mass is 35.5. The van der Waals surface area contributed by atoms with Gasteiger partial charge in [-0.25, -0.2) is 13.4 Å². The van der Waals surface area contributed by atoms with Crippen molar-refractivity contribution in [2.75, 3.05) is 27.2 Å². The first-order chi connectivity index (χ1) is 8.80. The smallest absolute Gasteiger partial charge is 0.246 e. The summed E-state index contributed by atoms with van der Waals surface area (Å²) in [6, 6.07) is 2.92. The van der Waals surface area contributed by atoms with Crippen LogP contribution in [0.1, 0.15) is 13.8 Å². The summed E-state index contributed by atoms with van der Waals surface area (Å²) in [5.41, 5.74) is 0. The Balaban J connectivity index is 3.13. The number of sulfonamides is 1. The van der Waals surface area contributed by atoms with Crippen LogP contribution in [0.5, 0.6) is 0 Å². The Morgan fingerprint density at radius 2 is 2.05 bits per heavy atom. The van der Waals surface area contributed by atoms with Gasteiger partial charge in [0.15, 0.2) is 0 Å². The number of rotatable bonds is 6. The molecule has 7 heteroatoms. The minimum absolute atomic E-state index is 0.0120. The molecule has 1 unspecified atom stereocenters. The van der Waals surface area contributed by atoms with Gasteiger partial charge >= 0.3 is 0 Å². The fourth-order valence-corrected chi connectivity index (χ4v) is 4.09. The van der Waals surface area contributed by atoms with Crippen molar-refractivity contribution in [3.63, 3.8) is 0 Å². The predicted octanol–water partition coefficient (Wildman–Crippen LogP) is 1.70. The van der Waals surface area contributed by atoms with Crippen LogP contribution in [0.4, 0.5) is 0 Å². The van der Waals surface area contributed by atoms with E-state index in [9.17, 15) is 8.42 Å². The second-order valence-electron chi connectivity index (χ2n) is 4.61. The molecule has 0 aliphatic rings. The van der Waals surface area contributed by atoms with E-state index in [0.717, 1.165) is 0 Å². The quantitative estimate of drug-likeness (QED) is 0.751. The van der Waals surface area contributed by atoms with Crippen LogP contribution in [0.2, 0.25) is 5.15 Å². The molecular formula is C12H20ClN3O2S. The average molecular weight is 306 g/mol. The van der Waals surface area contributed by atoms with Gasteiger partial charge in [-0.1, -0.05) is 18.5 Å². The van der Waals surface area contributed by atoms with Crippen LogP contribution in [-0.2, 0) is 10.0 Å². The molecule has 0 aromatic carbocycles. The molecule has 0 aliphatic carbocycles. The van der Waals surface area contributed by atoms with E-state index in [0.29, 0.717) is 13.1 Å². The highest BCUT2D eigenvalue weighted by Gasteiger charge is 2.29. The summed E-state index contributed by atoms with van der Waals surface area (Å²) in [7, 11) is 0.207. The lowest BCUT2D eigenvalue weighted by molar-refractivity contribution is 0.271. The van der Waals surface area contributed by atoms with Gasteiger partial charge in [0.2, 0.25) is 10.0 Å². The molecule has 1 rings (SSSR count). The van der Waals surface area contributed by atoms with Crippen molar-refractivity contribution in [1.29, 1.82) is 0 Å². The number of pyridine rings is 1. The Kier molecular flexibility index (Phi) is 5.73. The summed E-state index contributed by atoms with van der Waals surface area (Å²) in [6.45, 7) is 4.73. The average Bonchev–Trinajstić information content (AvgIpc) is 2.28. The summed E-state index contributed by atoms with van der Waals surface area (Å²) in [6.07, 6.45) is 1.47. The fraction of sp³-hybridized carbons (Fsp3) is 0.583. The predicted molar refractivity (Wildman–Crippen MR) is 76.8 cm³/mol. The molecule has 19 heavy (non-hydrogen) atoms. The van der Waals surface area contributed by atoms with Gasteiger partial charge in [-0.2, -0.15) is 4.31 Å². The standard InChI is InChI=1S/C12H20ClN3O2S/c1-5-16(10(2)9-15(3)4)19(17,18)11-7-6-8-14-12(11)13/h6-8,10H,5,9H2,1-4H3. The zero-order valence-electron chi connectivity index (χ0n) is 11.7. The molecule has 0 N–H and O–H groups in total. The zero-order chi connectivity index (χ0) is 14.6. The molecule has 0 spiro atoms. The summed E-state index contributed by atoms with van der Waals surface area (Å²) in [5, 5.41) is 0.0120. The van der Waals surface area contributed by atoms with E-state index >= 15 is 0 Å². The Morgan fingerprint density at radius 3 is 2.53 bits per heavy atom. The summed E-state index contributed by atoms with van der Waals surface area (Å²) in [5.74, 6) is 0. The molecule has 1 atom stereocenters. The summed E-state index contributed by atoms with van der Waals surface area (Å²) >= 11 is 5.89. The van der Waals surface area contributed by atoms with E-state index in [1.165, 1.54) is 16.6 Å². The Hall–Kier alpha value is -0.690. The third-order valence-electron chi connectivity index (χ3n) is 2.74. The molecular weight excluding hydrogens is 286 g/mol. The van der Waals surface area contributed by atoms with E-state index in [2.05, 4.69) is 4.98 Å². The number of halogens is 1. The van der Waals surface area contributed by atoms with Crippen LogP contribution in [0.3, 0.4) is 0 Å². The fourth-order valence-electron chi connectivity index (χ4n) is 2.03. The Bertz CT molecular complexity index is 519. The van der Waals surface area contributed by atoms with Gasteiger partial charge in [-0.3, -0.25) is 0 Å². The van der Waals surface area contributed by atoms with Crippen LogP contribution >= 0.6 is 11.6 Å². The minimum Gasteiger partial charge on any atom is -0.308 e. The van der Waals surface area contributed by atoms with E-state index in [-0.39, 0.29) is 16.1 Å². The molecule has 0 saturated heterocycles. The van der Waals surface area contributed by atoms with E-state index < -0.39 is 10.0 Å². The van der Waals surface area contributed by atoms with E-state index in [1.807, 2.05) is 32.8 Å². The monoisotopic (exact) mass is 305 g/mol. The highest BCUT2D eigenvalue weighted by molar-refractivity contribution is 7.89. The van der Waals surface area contributed by atoms with Crippen LogP contribution < -0.4 is 0 Å². The lowest BCUT2D eigenvalue weighted by Crippen LogP contribution is -2.43. The molecule has 0 amide bonds. The lowest BCUT2D eigenvalue weighted by atomic mass is 10.3. The number of nitrogens with zero attached hydrogens (tertiary/aromatic N) is 3. The van der Waals surface area contributed by atoms with Crippen LogP contribution in [0.25, 0.3) is 0 Å². The van der Waals surface area contributed by atoms with E-state index in [1.54, 1.807) is 6.07 Å². The Morgan fingerprint density at radius 1 is 1.42 bits per heavy atom. The van der Waals surface area contributed by atoms with Crippen molar-refractivity contribution >= 4 is 21.6 Å². The van der Waals surface area contributed by atoms with E-state index in [4.69, 9.17) is 11.6 Å². The number of likely N-dealkylation sites (N-methyl/N-ethyl adjacent to an activating group) is 2. The van der Waals surface area contributed by atoms with Gasteiger partial charge in [0.25, 0.3) is 0 Å². The topological polar surface area (TPSA) is 53.5 Å². The van der Waals surface area contributed by atoms with Crippen LogP contribution in [0.15, 0.2) is 23.2 Å². The molecule has 0 aliphatic heterocycles. The molecule has 5 nitrogen and oxygen atoms in total. The van der Waals surface area contributed by atoms with Crippen molar-refractivity contribution in [2.45, 2.75) is 24.8 Å². The van der Waals surface area contributed by atoms with Crippen molar-refractivity contribution < 1.29 is 8.42 Å². The van der Waals surface area contributed by atoms with Crippen LogP contribution in [0, 0.1) is 0 Å². The van der Waals surface area contributed by atoms with Crippen molar-refractivity contribution in [3.8, 4) is 0 Å². The largest absolute Gasteiger partial charge is 0.308 e. The number of aromatic nitrogens is 1. The first kappa shape index (κ1) is 16.4. The van der Waals surface area contributed by atoms with Crippen molar-refractivity contribution in [2.24, 2.45) is 0 Å². The second kappa shape index (κ2) is 6.65. The minimum atomic E-state index is -3.61. The van der Waals surface area contributed by atoms with Crippen molar-refractivity contribution in [1.82, 2.24) is 14.2 Å². The van der Waals surface area contributed by atoms with Gasteiger partial charge in [0.05, 0.1) is 0 Å². The summed E-state index contributed by atoms with van der Waals surface area (Å²) < 4.78 is 26.6. The molecule has 1 heterocycles. The third-order valence-corrected chi connectivity index (χ3v) is 5.28. The number of hydrogen-bond donors (Lipinski definition) is 0. The SMILES string of the molecule is CCN(C(C)CN(C)C)S(=O)(=O)c1cccnc1Cl. The summed E-state index contributed by atoms with van der Waals surface area (Å²) in [4.78, 5) is 5.84. The number of hydrogen-bond acceptors (Lipinski definition) is 4. The molecule has 0 bridgehead atoms. The highest BCUT2D eigenvalue weighted by Crippen LogP contribution is 2.23. The maximum Gasteiger partial charge on any atom is 0.246 e. The third kappa shape index (κ3) is 3.89. The van der Waals surface area contributed by atoms with Gasteiger partial charge in [-0.15, -0.1) is 0 Å². The molecule has 0 fully saturated rings. The van der Waals surface area contributed by atoms with Gasteiger partial charge in [-0.05, 0) is 33.2 Å². The van der Waals surface area contributed by atoms with Crippen LogP contribution in [-0.4, -0.2) is 55.8 Å². The maximum atomic E-state index is 12.6. The van der Waals surface area contributed by atoms with Gasteiger partial charge < -0.3 is 4.90 Å². The first-order valence-electron chi connectivity index (χ1n) is 6.07. The normalized spacial score (nSPS) is 14.1. The van der Waals surface area contributed by atoms with Crippen molar-refractivity contribution in [3.05, 3.63) is 23.5 Å². The lowest BCUT2D eigenvalue weighted by Gasteiger charge is -2.29. The first-order valence-corrected chi connectivity index (χ1v) is 7.89. The molecule has 1 aromatic heterocycles. The molecule has 0 radical (unpaired) electrons. The second-order valence-corrected chi connectivity index (χ2v) is 6.83. The molecule has 1 aromatic rings. The zero-order valence-corrected chi connectivity index (χ0v) is 13.2. The molecule has 0 saturated carbocycles. The molecule has 108 valence electrons.